The lowest BCUT2D eigenvalue weighted by Crippen LogP contribution is -2.55. The van der Waals surface area contributed by atoms with E-state index in [4.69, 9.17) is 26.1 Å². The number of nitrogens with zero attached hydrogens (tertiary/aromatic N) is 2. The Bertz CT molecular complexity index is 867. The van der Waals surface area contributed by atoms with Crippen LogP contribution in [0.15, 0.2) is 30.5 Å². The van der Waals surface area contributed by atoms with E-state index in [1.807, 2.05) is 30.5 Å². The molecule has 30 heavy (non-hydrogen) atoms. The molecule has 2 aliphatic heterocycles. The number of ether oxygens (including phenoxy) is 1. The van der Waals surface area contributed by atoms with Gasteiger partial charge in [0.05, 0.1) is 12.1 Å². The summed E-state index contributed by atoms with van der Waals surface area (Å²) in [5.74, 6) is -0.528. The van der Waals surface area contributed by atoms with Gasteiger partial charge in [-0.15, -0.1) is 0 Å². The molecule has 0 bridgehead atoms. The highest BCUT2D eigenvalue weighted by molar-refractivity contribution is 6.31. The average molecular weight is 432 g/mol. The predicted octanol–water partition coefficient (Wildman–Crippen LogP) is 4.77. The van der Waals surface area contributed by atoms with Crippen LogP contribution < -0.4 is 5.32 Å². The molecule has 0 atom stereocenters. The van der Waals surface area contributed by atoms with Crippen molar-refractivity contribution in [1.82, 2.24) is 9.88 Å². The number of halogens is 1. The van der Waals surface area contributed by atoms with E-state index in [0.29, 0.717) is 11.6 Å². The summed E-state index contributed by atoms with van der Waals surface area (Å²) in [5, 5.41) is 5.37. The van der Waals surface area contributed by atoms with E-state index in [9.17, 15) is 0 Å². The van der Waals surface area contributed by atoms with Crippen molar-refractivity contribution < 1.29 is 14.5 Å². The van der Waals surface area contributed by atoms with Gasteiger partial charge in [-0.05, 0) is 50.1 Å². The summed E-state index contributed by atoms with van der Waals surface area (Å²) < 4.78 is 6.22. The Labute approximate surface area is 182 Å². The molecule has 0 radical (unpaired) electrons. The zero-order valence-electron chi connectivity index (χ0n) is 17.4. The number of aromatic nitrogens is 1. The molecule has 162 valence electrons. The van der Waals surface area contributed by atoms with Crippen molar-refractivity contribution in [3.63, 3.8) is 0 Å². The minimum Gasteiger partial charge on any atom is -0.384 e. The first-order chi connectivity index (χ1) is 14.7. The van der Waals surface area contributed by atoms with Crippen LogP contribution in [0.25, 0.3) is 10.9 Å². The van der Waals surface area contributed by atoms with Gasteiger partial charge in [-0.25, -0.2) is 9.78 Å². The van der Waals surface area contributed by atoms with E-state index in [0.717, 1.165) is 74.9 Å². The van der Waals surface area contributed by atoms with Gasteiger partial charge in [-0.1, -0.05) is 24.4 Å². The first-order valence-corrected chi connectivity index (χ1v) is 11.5. The van der Waals surface area contributed by atoms with Gasteiger partial charge in [0.15, 0.2) is 0 Å². The quantitative estimate of drug-likeness (QED) is 0.543. The molecular weight excluding hydrogens is 402 g/mol. The molecule has 5 rings (SSSR count). The Morgan fingerprint density at radius 2 is 1.90 bits per heavy atom. The van der Waals surface area contributed by atoms with Crippen molar-refractivity contribution in [2.45, 2.75) is 56.3 Å². The highest BCUT2D eigenvalue weighted by Gasteiger charge is 2.49. The molecule has 1 saturated carbocycles. The Balaban J connectivity index is 1.06. The third-order valence-electron chi connectivity index (χ3n) is 6.77. The van der Waals surface area contributed by atoms with Gasteiger partial charge < -0.3 is 15.0 Å². The van der Waals surface area contributed by atoms with E-state index in [-0.39, 0.29) is 5.60 Å². The molecule has 1 aromatic heterocycles. The number of nitrogens with one attached hydrogen (secondary N) is 1. The minimum atomic E-state index is -0.528. The second-order valence-corrected chi connectivity index (χ2v) is 9.33. The lowest BCUT2D eigenvalue weighted by atomic mass is 10.00. The van der Waals surface area contributed by atoms with Gasteiger partial charge >= 0.3 is 0 Å². The van der Waals surface area contributed by atoms with Gasteiger partial charge in [-0.2, -0.15) is 0 Å². The number of rotatable bonds is 5. The summed E-state index contributed by atoms with van der Waals surface area (Å²) in [7, 11) is 0. The predicted molar refractivity (Wildman–Crippen MR) is 118 cm³/mol. The van der Waals surface area contributed by atoms with Crippen molar-refractivity contribution in [1.29, 1.82) is 0 Å². The molecule has 1 aliphatic carbocycles. The van der Waals surface area contributed by atoms with Crippen LogP contribution in [0.5, 0.6) is 0 Å². The third-order valence-corrected chi connectivity index (χ3v) is 7.01. The smallest absolute Gasteiger partial charge is 0.204 e. The van der Waals surface area contributed by atoms with Crippen LogP contribution in [0.4, 0.5) is 5.69 Å². The van der Waals surface area contributed by atoms with Crippen molar-refractivity contribution in [3.05, 3.63) is 35.5 Å². The highest BCUT2D eigenvalue weighted by Crippen LogP contribution is 2.42. The Kier molecular flexibility index (Phi) is 5.86. The molecule has 0 amide bonds. The van der Waals surface area contributed by atoms with Crippen molar-refractivity contribution >= 4 is 28.2 Å². The van der Waals surface area contributed by atoms with Gasteiger partial charge in [0.2, 0.25) is 5.79 Å². The van der Waals surface area contributed by atoms with Crippen molar-refractivity contribution in [2.24, 2.45) is 0 Å². The molecule has 0 unspecified atom stereocenters. The summed E-state index contributed by atoms with van der Waals surface area (Å²) in [6.07, 6.45) is 9.18. The van der Waals surface area contributed by atoms with Gasteiger partial charge in [-0.3, -0.25) is 4.98 Å². The standard InChI is InChI=1S/C23H30ClN3O3/c24-18-4-5-19-20(6-12-26-21(19)16-18)25-11-3-13-27-14-9-23(10-15-27)28-17-22(29-30-23)7-1-2-8-22/h4-6,12,16H,1-3,7-11,13-15,17H2,(H,25,26). The monoisotopic (exact) mass is 431 g/mol. The Morgan fingerprint density at radius 1 is 1.07 bits per heavy atom. The number of likely N-dealkylation sites (tertiary alicyclic amines) is 1. The summed E-state index contributed by atoms with van der Waals surface area (Å²) in [4.78, 5) is 18.6. The van der Waals surface area contributed by atoms with Crippen molar-refractivity contribution in [2.75, 3.05) is 38.1 Å². The first-order valence-electron chi connectivity index (χ1n) is 11.2. The molecule has 1 aromatic carbocycles. The maximum absolute atomic E-state index is 6.22. The fraction of sp³-hybridized carbons (Fsp3) is 0.609. The number of pyridine rings is 1. The van der Waals surface area contributed by atoms with Gasteiger partial charge in [0.1, 0.15) is 5.60 Å². The number of benzene rings is 1. The molecule has 6 nitrogen and oxygen atoms in total. The van der Waals surface area contributed by atoms with E-state index >= 15 is 0 Å². The van der Waals surface area contributed by atoms with Crippen LogP contribution in [0.2, 0.25) is 5.02 Å². The van der Waals surface area contributed by atoms with Crippen LogP contribution >= 0.6 is 11.6 Å². The number of hydrogen-bond donors (Lipinski definition) is 1. The second kappa shape index (κ2) is 8.60. The fourth-order valence-corrected chi connectivity index (χ4v) is 5.03. The summed E-state index contributed by atoms with van der Waals surface area (Å²) in [5.41, 5.74) is 1.86. The van der Waals surface area contributed by atoms with Crippen LogP contribution in [0, 0.1) is 0 Å². The molecule has 1 N–H and O–H groups in total. The highest BCUT2D eigenvalue weighted by atomic mass is 35.5. The number of anilines is 1. The lowest BCUT2D eigenvalue weighted by molar-refractivity contribution is -0.516. The number of fused-ring (bicyclic) bond motifs is 1. The first kappa shape index (κ1) is 20.5. The molecule has 7 heteroatoms. The summed E-state index contributed by atoms with van der Waals surface area (Å²) in [6, 6.07) is 7.86. The van der Waals surface area contributed by atoms with Crippen LogP contribution in [0.1, 0.15) is 44.9 Å². The zero-order chi connectivity index (χ0) is 20.4. The largest absolute Gasteiger partial charge is 0.384 e. The third kappa shape index (κ3) is 4.30. The minimum absolute atomic E-state index is 0.170. The lowest BCUT2D eigenvalue weighted by Gasteiger charge is -2.46. The molecule has 3 heterocycles. The van der Waals surface area contributed by atoms with E-state index < -0.39 is 5.79 Å². The van der Waals surface area contributed by atoms with E-state index in [1.165, 1.54) is 12.8 Å². The van der Waals surface area contributed by atoms with Crippen LogP contribution in [0.3, 0.4) is 0 Å². The Hall–Kier alpha value is -1.44. The molecule has 2 aromatic rings. The second-order valence-electron chi connectivity index (χ2n) is 8.90. The molecule has 2 saturated heterocycles. The number of piperidine rings is 1. The average Bonchev–Trinajstić information content (AvgIpc) is 3.23. The fourth-order valence-electron chi connectivity index (χ4n) is 4.87. The topological polar surface area (TPSA) is 55.9 Å². The number of hydrogen-bond acceptors (Lipinski definition) is 6. The molecule has 3 fully saturated rings. The molecular formula is C23H30ClN3O3. The van der Waals surface area contributed by atoms with Crippen LogP contribution in [-0.2, 0) is 14.5 Å². The van der Waals surface area contributed by atoms with Gasteiger partial charge in [0, 0.05) is 54.8 Å². The normalized spacial score (nSPS) is 23.4. The molecule has 2 spiro atoms. The molecule has 3 aliphatic rings. The maximum atomic E-state index is 6.22. The van der Waals surface area contributed by atoms with E-state index in [2.05, 4.69) is 15.2 Å². The Morgan fingerprint density at radius 3 is 2.67 bits per heavy atom. The van der Waals surface area contributed by atoms with E-state index in [1.54, 1.807) is 0 Å². The summed E-state index contributed by atoms with van der Waals surface area (Å²) >= 11 is 6.08. The van der Waals surface area contributed by atoms with Gasteiger partial charge in [0.25, 0.3) is 0 Å². The van der Waals surface area contributed by atoms with Crippen LogP contribution in [-0.4, -0.2) is 54.1 Å². The zero-order valence-corrected chi connectivity index (χ0v) is 18.1. The van der Waals surface area contributed by atoms with Crippen molar-refractivity contribution in [3.8, 4) is 0 Å². The summed E-state index contributed by atoms with van der Waals surface area (Å²) in [6.45, 7) is 4.62. The maximum Gasteiger partial charge on any atom is 0.204 e. The SMILES string of the molecule is Clc1ccc2c(NCCCN3CCC4(CC3)OCC3(CCCC3)OO4)ccnc2c1.